The molecule has 0 unspecified atom stereocenters. The van der Waals surface area contributed by atoms with E-state index < -0.39 is 0 Å². The minimum atomic E-state index is -0.00392. The smallest absolute Gasteiger partial charge is 0.231 e. The average molecular weight is 280 g/mol. The van der Waals surface area contributed by atoms with Gasteiger partial charge >= 0.3 is 0 Å². The van der Waals surface area contributed by atoms with Crippen molar-refractivity contribution in [3.05, 3.63) is 64.7 Å². The van der Waals surface area contributed by atoms with Gasteiger partial charge in [-0.15, -0.1) is 0 Å². The number of carbonyl (C=O) groups excluding carboxylic acids is 1. The predicted molar refractivity (Wildman–Crippen MR) is 81.8 cm³/mol. The first-order valence-electron chi connectivity index (χ1n) is 6.83. The van der Waals surface area contributed by atoms with Crippen LogP contribution in [0.25, 0.3) is 6.08 Å². The number of benzene rings is 2. The second-order valence-electron chi connectivity index (χ2n) is 5.11. The van der Waals surface area contributed by atoms with Gasteiger partial charge in [0.1, 0.15) is 0 Å². The van der Waals surface area contributed by atoms with Gasteiger partial charge in [-0.3, -0.25) is 4.79 Å². The normalized spacial score (nSPS) is 12.9. The Bertz CT molecular complexity index is 729. The van der Waals surface area contributed by atoms with Crippen molar-refractivity contribution in [1.82, 2.24) is 0 Å². The SMILES string of the molecule is Cc1ccc(C(=O)/C=C/c2ccc3c(c2)OCO3)cc1C. The summed E-state index contributed by atoms with van der Waals surface area (Å²) in [5.74, 6) is 1.46. The van der Waals surface area contributed by atoms with E-state index in [1.807, 2.05) is 50.2 Å². The molecule has 1 aliphatic rings. The Morgan fingerprint density at radius 2 is 1.81 bits per heavy atom. The summed E-state index contributed by atoms with van der Waals surface area (Å²) in [7, 11) is 0. The van der Waals surface area contributed by atoms with Crippen molar-refractivity contribution in [3.8, 4) is 11.5 Å². The molecule has 0 spiro atoms. The van der Waals surface area contributed by atoms with E-state index in [1.165, 1.54) is 5.56 Å². The van der Waals surface area contributed by atoms with Crippen molar-refractivity contribution >= 4 is 11.9 Å². The van der Waals surface area contributed by atoms with E-state index in [0.29, 0.717) is 5.56 Å². The number of rotatable bonds is 3. The van der Waals surface area contributed by atoms with Crippen LogP contribution in [0.3, 0.4) is 0 Å². The highest BCUT2D eigenvalue weighted by Crippen LogP contribution is 2.32. The first-order valence-corrected chi connectivity index (χ1v) is 6.83. The van der Waals surface area contributed by atoms with Gasteiger partial charge in [-0.2, -0.15) is 0 Å². The molecule has 1 heterocycles. The molecule has 2 aromatic carbocycles. The van der Waals surface area contributed by atoms with Crippen LogP contribution in [0.15, 0.2) is 42.5 Å². The molecule has 0 fully saturated rings. The molecule has 0 aliphatic carbocycles. The lowest BCUT2D eigenvalue weighted by Crippen LogP contribution is -1.95. The van der Waals surface area contributed by atoms with Gasteiger partial charge in [-0.25, -0.2) is 0 Å². The maximum Gasteiger partial charge on any atom is 0.231 e. The third-order valence-corrected chi connectivity index (χ3v) is 3.62. The molecule has 106 valence electrons. The van der Waals surface area contributed by atoms with Crippen LogP contribution in [-0.2, 0) is 0 Å². The van der Waals surface area contributed by atoms with Crippen molar-refractivity contribution in [2.75, 3.05) is 6.79 Å². The molecule has 2 aromatic rings. The van der Waals surface area contributed by atoms with Crippen molar-refractivity contribution in [2.24, 2.45) is 0 Å². The van der Waals surface area contributed by atoms with Gasteiger partial charge in [0.05, 0.1) is 0 Å². The summed E-state index contributed by atoms with van der Waals surface area (Å²) in [5.41, 5.74) is 3.93. The standard InChI is InChI=1S/C18H16O3/c1-12-3-6-15(9-13(12)2)16(19)7-4-14-5-8-17-18(10-14)21-11-20-17/h3-10H,11H2,1-2H3/b7-4+. The number of hydrogen-bond donors (Lipinski definition) is 0. The molecule has 0 atom stereocenters. The third kappa shape index (κ3) is 2.82. The number of ketones is 1. The Kier molecular flexibility index (Phi) is 3.48. The molecule has 3 rings (SSSR count). The molecule has 0 bridgehead atoms. The van der Waals surface area contributed by atoms with Crippen LogP contribution in [0, 0.1) is 13.8 Å². The van der Waals surface area contributed by atoms with E-state index in [9.17, 15) is 4.79 Å². The number of fused-ring (bicyclic) bond motifs is 1. The Hall–Kier alpha value is -2.55. The zero-order valence-corrected chi connectivity index (χ0v) is 12.1. The maximum atomic E-state index is 12.2. The quantitative estimate of drug-likeness (QED) is 0.631. The number of allylic oxidation sites excluding steroid dienone is 1. The van der Waals surface area contributed by atoms with E-state index in [2.05, 4.69) is 0 Å². The Balaban J connectivity index is 1.79. The minimum Gasteiger partial charge on any atom is -0.454 e. The molecule has 0 saturated carbocycles. The second kappa shape index (κ2) is 5.44. The van der Waals surface area contributed by atoms with Crippen molar-refractivity contribution in [1.29, 1.82) is 0 Å². The van der Waals surface area contributed by atoms with Crippen LogP contribution in [-0.4, -0.2) is 12.6 Å². The van der Waals surface area contributed by atoms with Gasteiger partial charge in [-0.1, -0.05) is 24.3 Å². The Morgan fingerprint density at radius 1 is 1.00 bits per heavy atom. The monoisotopic (exact) mass is 280 g/mol. The summed E-state index contributed by atoms with van der Waals surface area (Å²) >= 11 is 0. The Labute approximate surface area is 123 Å². The highest BCUT2D eigenvalue weighted by molar-refractivity contribution is 6.07. The molecule has 1 aliphatic heterocycles. The summed E-state index contributed by atoms with van der Waals surface area (Å²) < 4.78 is 10.6. The van der Waals surface area contributed by atoms with Gasteiger partial charge in [0.25, 0.3) is 0 Å². The van der Waals surface area contributed by atoms with Crippen molar-refractivity contribution < 1.29 is 14.3 Å². The van der Waals surface area contributed by atoms with E-state index in [1.54, 1.807) is 12.2 Å². The number of carbonyl (C=O) groups is 1. The van der Waals surface area contributed by atoms with E-state index in [0.717, 1.165) is 22.6 Å². The summed E-state index contributed by atoms with van der Waals surface area (Å²) in [6.07, 6.45) is 3.38. The molecule has 0 radical (unpaired) electrons. The van der Waals surface area contributed by atoms with Gasteiger partial charge in [0.2, 0.25) is 6.79 Å². The van der Waals surface area contributed by atoms with Gasteiger partial charge in [0, 0.05) is 5.56 Å². The summed E-state index contributed by atoms with van der Waals surface area (Å²) in [5, 5.41) is 0. The summed E-state index contributed by atoms with van der Waals surface area (Å²) in [6, 6.07) is 11.4. The fraction of sp³-hybridized carbons (Fsp3) is 0.167. The molecule has 0 N–H and O–H groups in total. The predicted octanol–water partition coefficient (Wildman–Crippen LogP) is 3.93. The topological polar surface area (TPSA) is 35.5 Å². The maximum absolute atomic E-state index is 12.2. The molecule has 0 aromatic heterocycles. The molecule has 3 nitrogen and oxygen atoms in total. The van der Waals surface area contributed by atoms with Crippen LogP contribution in [0.4, 0.5) is 0 Å². The average Bonchev–Trinajstić information content (AvgIpc) is 2.95. The van der Waals surface area contributed by atoms with Gasteiger partial charge in [-0.05, 0) is 54.8 Å². The Morgan fingerprint density at radius 3 is 2.62 bits per heavy atom. The zero-order chi connectivity index (χ0) is 14.8. The van der Waals surface area contributed by atoms with Gasteiger partial charge in [0.15, 0.2) is 17.3 Å². The molecular formula is C18H16O3. The number of aryl methyl sites for hydroxylation is 2. The van der Waals surface area contributed by atoms with Crippen LogP contribution >= 0.6 is 0 Å². The van der Waals surface area contributed by atoms with Crippen molar-refractivity contribution in [3.63, 3.8) is 0 Å². The second-order valence-corrected chi connectivity index (χ2v) is 5.11. The van der Waals surface area contributed by atoms with Crippen LogP contribution in [0.2, 0.25) is 0 Å². The number of hydrogen-bond acceptors (Lipinski definition) is 3. The van der Waals surface area contributed by atoms with Crippen molar-refractivity contribution in [2.45, 2.75) is 13.8 Å². The van der Waals surface area contributed by atoms with E-state index >= 15 is 0 Å². The summed E-state index contributed by atoms with van der Waals surface area (Å²) in [6.45, 7) is 4.30. The first kappa shape index (κ1) is 13.4. The highest BCUT2D eigenvalue weighted by Gasteiger charge is 2.12. The third-order valence-electron chi connectivity index (χ3n) is 3.62. The molecular weight excluding hydrogens is 264 g/mol. The minimum absolute atomic E-state index is 0.00392. The molecule has 21 heavy (non-hydrogen) atoms. The lowest BCUT2D eigenvalue weighted by atomic mass is 10.0. The lowest BCUT2D eigenvalue weighted by Gasteiger charge is -2.02. The summed E-state index contributed by atoms with van der Waals surface area (Å²) in [4.78, 5) is 12.2. The fourth-order valence-electron chi connectivity index (χ4n) is 2.18. The van der Waals surface area contributed by atoms with E-state index in [-0.39, 0.29) is 12.6 Å². The molecule has 0 saturated heterocycles. The molecule has 0 amide bonds. The zero-order valence-electron chi connectivity index (χ0n) is 12.1. The fourth-order valence-corrected chi connectivity index (χ4v) is 2.18. The van der Waals surface area contributed by atoms with Crippen LogP contribution in [0.1, 0.15) is 27.0 Å². The van der Waals surface area contributed by atoms with Crippen LogP contribution < -0.4 is 9.47 Å². The van der Waals surface area contributed by atoms with E-state index in [4.69, 9.17) is 9.47 Å². The van der Waals surface area contributed by atoms with Gasteiger partial charge < -0.3 is 9.47 Å². The highest BCUT2D eigenvalue weighted by atomic mass is 16.7. The van der Waals surface area contributed by atoms with Crippen LogP contribution in [0.5, 0.6) is 11.5 Å². The molecule has 3 heteroatoms. The first-order chi connectivity index (χ1) is 10.1. The lowest BCUT2D eigenvalue weighted by molar-refractivity contribution is 0.104. The largest absolute Gasteiger partial charge is 0.454 e. The number of ether oxygens (including phenoxy) is 2.